The molecule has 0 aliphatic carbocycles. The first-order valence-corrected chi connectivity index (χ1v) is 8.92. The quantitative estimate of drug-likeness (QED) is 0.870. The summed E-state index contributed by atoms with van der Waals surface area (Å²) in [6.07, 6.45) is 1.17. The minimum atomic E-state index is -0.571. The number of methoxy groups -OCH3 is 1. The molecule has 0 aromatic heterocycles. The third kappa shape index (κ3) is 3.72. The third-order valence-electron chi connectivity index (χ3n) is 4.64. The maximum Gasteiger partial charge on any atom is 0.247 e. The minimum Gasteiger partial charge on any atom is -0.497 e. The highest BCUT2D eigenvalue weighted by Crippen LogP contribution is 2.30. The maximum atomic E-state index is 13.0. The lowest BCUT2D eigenvalue weighted by Crippen LogP contribution is -2.47. The van der Waals surface area contributed by atoms with Crippen LogP contribution < -0.4 is 10.1 Å². The molecule has 1 aliphatic rings. The van der Waals surface area contributed by atoms with E-state index in [0.717, 1.165) is 28.9 Å². The Hall–Kier alpha value is -2.82. The zero-order valence-electron chi connectivity index (χ0n) is 15.2. The van der Waals surface area contributed by atoms with Crippen LogP contribution in [0.2, 0.25) is 0 Å². The molecule has 0 fully saturated rings. The Balaban J connectivity index is 1.81. The van der Waals surface area contributed by atoms with Crippen molar-refractivity contribution in [3.05, 3.63) is 65.2 Å². The van der Waals surface area contributed by atoms with Crippen LogP contribution in [0.1, 0.15) is 36.1 Å². The first kappa shape index (κ1) is 18.0. The second-order valence-corrected chi connectivity index (χ2v) is 6.43. The Labute approximate surface area is 154 Å². The first-order valence-electron chi connectivity index (χ1n) is 8.92. The number of fused-ring (bicyclic) bond motifs is 1. The van der Waals surface area contributed by atoms with Crippen LogP contribution in [0.4, 0.5) is 0 Å². The van der Waals surface area contributed by atoms with Crippen LogP contribution in [0, 0.1) is 0 Å². The van der Waals surface area contributed by atoms with Gasteiger partial charge in [0.25, 0.3) is 0 Å². The average Bonchev–Trinajstić information content (AvgIpc) is 2.67. The number of nitrogens with zero attached hydrogens (tertiary/aromatic N) is 1. The summed E-state index contributed by atoms with van der Waals surface area (Å²) in [6.45, 7) is 2.98. The van der Waals surface area contributed by atoms with E-state index in [1.165, 1.54) is 0 Å². The van der Waals surface area contributed by atoms with Gasteiger partial charge in [0, 0.05) is 13.1 Å². The van der Waals surface area contributed by atoms with E-state index in [-0.39, 0.29) is 11.8 Å². The van der Waals surface area contributed by atoms with Gasteiger partial charge in [-0.25, -0.2) is 0 Å². The molecule has 1 aliphatic heterocycles. The van der Waals surface area contributed by atoms with Crippen molar-refractivity contribution in [3.63, 3.8) is 0 Å². The summed E-state index contributed by atoms with van der Waals surface area (Å²) in [7, 11) is 1.62. The Morgan fingerprint density at radius 1 is 1.23 bits per heavy atom. The highest BCUT2D eigenvalue weighted by Gasteiger charge is 2.36. The van der Waals surface area contributed by atoms with E-state index in [2.05, 4.69) is 5.32 Å². The molecule has 0 radical (unpaired) electrons. The molecule has 0 unspecified atom stereocenters. The zero-order chi connectivity index (χ0) is 18.5. The molecule has 136 valence electrons. The molecule has 0 spiro atoms. The fourth-order valence-corrected chi connectivity index (χ4v) is 3.38. The van der Waals surface area contributed by atoms with Gasteiger partial charge in [0.05, 0.1) is 13.5 Å². The number of ether oxygens (including phenoxy) is 1. The molecule has 1 N–H and O–H groups in total. The van der Waals surface area contributed by atoms with Crippen LogP contribution in [0.25, 0.3) is 0 Å². The van der Waals surface area contributed by atoms with Gasteiger partial charge >= 0.3 is 0 Å². The van der Waals surface area contributed by atoms with Gasteiger partial charge in [-0.05, 0) is 35.2 Å². The van der Waals surface area contributed by atoms with E-state index in [4.69, 9.17) is 4.74 Å². The summed E-state index contributed by atoms with van der Waals surface area (Å²) < 4.78 is 5.22. The Morgan fingerprint density at radius 2 is 2.04 bits per heavy atom. The molecular formula is C21H24N2O3. The van der Waals surface area contributed by atoms with Crippen molar-refractivity contribution in [1.29, 1.82) is 0 Å². The van der Waals surface area contributed by atoms with E-state index in [9.17, 15) is 9.59 Å². The van der Waals surface area contributed by atoms with E-state index in [0.29, 0.717) is 19.5 Å². The zero-order valence-corrected chi connectivity index (χ0v) is 15.2. The fourth-order valence-electron chi connectivity index (χ4n) is 3.38. The molecule has 1 heterocycles. The summed E-state index contributed by atoms with van der Waals surface area (Å²) in [5.41, 5.74) is 2.81. The highest BCUT2D eigenvalue weighted by molar-refractivity contribution is 5.92. The van der Waals surface area contributed by atoms with Gasteiger partial charge in [-0.1, -0.05) is 43.3 Å². The minimum absolute atomic E-state index is 0.00656. The van der Waals surface area contributed by atoms with Crippen LogP contribution in [0.5, 0.6) is 5.75 Å². The summed E-state index contributed by atoms with van der Waals surface area (Å²) in [5, 5.41) is 2.98. The van der Waals surface area contributed by atoms with Crippen molar-refractivity contribution in [2.24, 2.45) is 0 Å². The molecule has 0 saturated heterocycles. The van der Waals surface area contributed by atoms with Gasteiger partial charge in [0.1, 0.15) is 11.8 Å². The van der Waals surface area contributed by atoms with Gasteiger partial charge in [-0.15, -0.1) is 0 Å². The topological polar surface area (TPSA) is 58.6 Å². The number of carbonyl (C=O) groups excluding carboxylic acids is 2. The van der Waals surface area contributed by atoms with Crippen molar-refractivity contribution < 1.29 is 14.3 Å². The normalized spacial score (nSPS) is 16.2. The molecule has 0 saturated carbocycles. The number of benzene rings is 2. The lowest BCUT2D eigenvalue weighted by atomic mass is 9.91. The molecule has 0 bridgehead atoms. The van der Waals surface area contributed by atoms with Gasteiger partial charge in [-0.3, -0.25) is 9.59 Å². The van der Waals surface area contributed by atoms with Gasteiger partial charge in [0.2, 0.25) is 11.8 Å². The van der Waals surface area contributed by atoms with E-state index >= 15 is 0 Å². The SMILES string of the molecule is CCCN1C(=O)Cc2ccccc2[C@@H]1C(=O)NCc1cccc(OC)c1. The standard InChI is InChI=1S/C21H24N2O3/c1-3-11-23-19(24)13-16-8-4-5-10-18(16)20(23)21(25)22-14-15-7-6-9-17(12-15)26-2/h4-10,12,20H,3,11,13-14H2,1-2H3,(H,22,25)/t20-/m1/s1. The molecule has 2 aromatic carbocycles. The first-order chi connectivity index (χ1) is 12.6. The lowest BCUT2D eigenvalue weighted by molar-refractivity contribution is -0.141. The molecule has 2 aromatic rings. The summed E-state index contributed by atoms with van der Waals surface area (Å²) >= 11 is 0. The van der Waals surface area contributed by atoms with Crippen molar-refractivity contribution in [1.82, 2.24) is 10.2 Å². The molecule has 26 heavy (non-hydrogen) atoms. The predicted molar refractivity (Wildman–Crippen MR) is 99.7 cm³/mol. The number of hydrogen-bond donors (Lipinski definition) is 1. The molecule has 1 atom stereocenters. The van der Waals surface area contributed by atoms with Crippen LogP contribution in [0.3, 0.4) is 0 Å². The van der Waals surface area contributed by atoms with E-state index in [1.807, 2.05) is 55.5 Å². The number of amides is 2. The highest BCUT2D eigenvalue weighted by atomic mass is 16.5. The van der Waals surface area contributed by atoms with Crippen molar-refractivity contribution in [2.75, 3.05) is 13.7 Å². The molecule has 2 amide bonds. The second-order valence-electron chi connectivity index (χ2n) is 6.43. The lowest BCUT2D eigenvalue weighted by Gasteiger charge is -2.36. The third-order valence-corrected chi connectivity index (χ3v) is 4.64. The monoisotopic (exact) mass is 352 g/mol. The summed E-state index contributed by atoms with van der Waals surface area (Å²) in [5.74, 6) is 0.608. The van der Waals surface area contributed by atoms with Crippen LogP contribution in [0.15, 0.2) is 48.5 Å². The molecule has 3 rings (SSSR count). The molecule has 5 nitrogen and oxygen atoms in total. The van der Waals surface area contributed by atoms with Gasteiger partial charge < -0.3 is 15.0 Å². The number of rotatable bonds is 6. The van der Waals surface area contributed by atoms with Gasteiger partial charge in [0.15, 0.2) is 0 Å². The summed E-state index contributed by atoms with van der Waals surface area (Å²) in [6, 6.07) is 14.7. The van der Waals surface area contributed by atoms with Crippen LogP contribution in [-0.4, -0.2) is 30.4 Å². The number of hydrogen-bond acceptors (Lipinski definition) is 3. The second kappa shape index (κ2) is 8.04. The maximum absolute atomic E-state index is 13.0. The number of nitrogens with one attached hydrogen (secondary N) is 1. The van der Waals surface area contributed by atoms with Crippen LogP contribution >= 0.6 is 0 Å². The fraction of sp³-hybridized carbons (Fsp3) is 0.333. The van der Waals surface area contributed by atoms with Crippen molar-refractivity contribution in [3.8, 4) is 5.75 Å². The Bertz CT molecular complexity index is 803. The smallest absolute Gasteiger partial charge is 0.247 e. The van der Waals surface area contributed by atoms with Crippen LogP contribution in [-0.2, 0) is 22.6 Å². The summed E-state index contributed by atoms with van der Waals surface area (Å²) in [4.78, 5) is 27.2. The van der Waals surface area contributed by atoms with E-state index < -0.39 is 6.04 Å². The molecule has 5 heteroatoms. The molecular weight excluding hydrogens is 328 g/mol. The van der Waals surface area contributed by atoms with Crippen molar-refractivity contribution >= 4 is 11.8 Å². The predicted octanol–water partition coefficient (Wildman–Crippen LogP) is 2.85. The Kier molecular flexibility index (Phi) is 5.56. The number of carbonyl (C=O) groups is 2. The van der Waals surface area contributed by atoms with Gasteiger partial charge in [-0.2, -0.15) is 0 Å². The van der Waals surface area contributed by atoms with E-state index in [1.54, 1.807) is 12.0 Å². The Morgan fingerprint density at radius 3 is 2.81 bits per heavy atom. The largest absolute Gasteiger partial charge is 0.497 e. The average molecular weight is 352 g/mol. The van der Waals surface area contributed by atoms with Crippen molar-refractivity contribution in [2.45, 2.75) is 32.4 Å².